The summed E-state index contributed by atoms with van der Waals surface area (Å²) in [5.41, 5.74) is 7.91. The number of nitrogen functional groups attached to an aromatic ring is 1. The summed E-state index contributed by atoms with van der Waals surface area (Å²) >= 11 is 6.07. The van der Waals surface area contributed by atoms with Crippen molar-refractivity contribution in [2.24, 2.45) is 0 Å². The van der Waals surface area contributed by atoms with Crippen molar-refractivity contribution >= 4 is 17.5 Å². The lowest BCUT2D eigenvalue weighted by Gasteiger charge is -2.01. The van der Waals surface area contributed by atoms with Crippen molar-refractivity contribution in [1.82, 2.24) is 19.7 Å². The van der Waals surface area contributed by atoms with Gasteiger partial charge in [-0.05, 0) is 12.1 Å². The van der Waals surface area contributed by atoms with E-state index in [4.69, 9.17) is 17.3 Å². The van der Waals surface area contributed by atoms with Crippen LogP contribution in [0.5, 0.6) is 0 Å². The number of halogens is 1. The first-order valence-electron chi connectivity index (χ1n) is 5.62. The average Bonchev–Trinajstić information content (AvgIpc) is 2.92. The molecule has 2 N–H and O–H groups in total. The Morgan fingerprint density at radius 2 is 1.89 bits per heavy atom. The van der Waals surface area contributed by atoms with E-state index in [-0.39, 0.29) is 5.95 Å². The third-order valence-electron chi connectivity index (χ3n) is 2.64. The molecule has 0 saturated heterocycles. The first kappa shape index (κ1) is 11.7. The van der Waals surface area contributed by atoms with Crippen molar-refractivity contribution < 1.29 is 0 Å². The van der Waals surface area contributed by atoms with E-state index in [1.807, 2.05) is 36.5 Å². The maximum atomic E-state index is 6.07. The molecule has 0 radical (unpaired) electrons. The Labute approximate surface area is 114 Å². The summed E-state index contributed by atoms with van der Waals surface area (Å²) in [6.07, 6.45) is 5.03. The minimum atomic E-state index is 0.187. The van der Waals surface area contributed by atoms with E-state index in [1.54, 1.807) is 10.9 Å². The van der Waals surface area contributed by atoms with Gasteiger partial charge in [-0.2, -0.15) is 5.10 Å². The standard InChI is InChI=1S/C13H10ClN5/c14-11-7-16-13(15)18-12(11)9-6-17-19(8-9)10-4-2-1-3-5-10/h1-8H,(H2,15,16,18). The van der Waals surface area contributed by atoms with Crippen LogP contribution in [0.15, 0.2) is 48.9 Å². The largest absolute Gasteiger partial charge is 0.368 e. The number of hydrogen-bond acceptors (Lipinski definition) is 4. The van der Waals surface area contributed by atoms with E-state index in [1.165, 1.54) is 6.20 Å². The van der Waals surface area contributed by atoms with Crippen LogP contribution in [0.4, 0.5) is 5.95 Å². The van der Waals surface area contributed by atoms with Crippen LogP contribution in [0.2, 0.25) is 5.02 Å². The molecule has 2 aromatic heterocycles. The Hall–Kier alpha value is -2.40. The summed E-state index contributed by atoms with van der Waals surface area (Å²) in [5, 5.41) is 4.74. The molecule has 2 heterocycles. The van der Waals surface area contributed by atoms with E-state index in [9.17, 15) is 0 Å². The Balaban J connectivity index is 2.04. The van der Waals surface area contributed by atoms with E-state index in [0.717, 1.165) is 11.3 Å². The molecule has 0 bridgehead atoms. The zero-order valence-corrected chi connectivity index (χ0v) is 10.6. The topological polar surface area (TPSA) is 69.6 Å². The smallest absolute Gasteiger partial charge is 0.220 e. The number of anilines is 1. The number of nitrogens with two attached hydrogens (primary N) is 1. The minimum Gasteiger partial charge on any atom is -0.368 e. The highest BCUT2D eigenvalue weighted by molar-refractivity contribution is 6.32. The Bertz CT molecular complexity index is 708. The van der Waals surface area contributed by atoms with E-state index in [0.29, 0.717) is 10.7 Å². The van der Waals surface area contributed by atoms with Gasteiger partial charge in [-0.3, -0.25) is 0 Å². The lowest BCUT2D eigenvalue weighted by Crippen LogP contribution is -1.96. The molecule has 0 amide bonds. The predicted molar refractivity (Wildman–Crippen MR) is 74.0 cm³/mol. The van der Waals surface area contributed by atoms with Gasteiger partial charge in [0.25, 0.3) is 0 Å². The predicted octanol–water partition coefficient (Wildman–Crippen LogP) is 2.56. The molecule has 5 nitrogen and oxygen atoms in total. The van der Waals surface area contributed by atoms with Gasteiger partial charge >= 0.3 is 0 Å². The van der Waals surface area contributed by atoms with Gasteiger partial charge in [0.2, 0.25) is 5.95 Å². The van der Waals surface area contributed by atoms with Crippen LogP contribution in [-0.2, 0) is 0 Å². The zero-order valence-electron chi connectivity index (χ0n) is 9.86. The maximum Gasteiger partial charge on any atom is 0.220 e. The van der Waals surface area contributed by atoms with Crippen molar-refractivity contribution in [3.63, 3.8) is 0 Å². The fourth-order valence-corrected chi connectivity index (χ4v) is 1.95. The molecule has 19 heavy (non-hydrogen) atoms. The Kier molecular flexibility index (Phi) is 2.89. The molecule has 0 aliphatic rings. The minimum absolute atomic E-state index is 0.187. The van der Waals surface area contributed by atoms with Crippen LogP contribution in [0, 0.1) is 0 Å². The molecular weight excluding hydrogens is 262 g/mol. The van der Waals surface area contributed by atoms with E-state index < -0.39 is 0 Å². The number of para-hydroxylation sites is 1. The van der Waals surface area contributed by atoms with E-state index >= 15 is 0 Å². The number of aromatic nitrogens is 4. The van der Waals surface area contributed by atoms with Gasteiger partial charge in [-0.25, -0.2) is 14.6 Å². The van der Waals surface area contributed by atoms with Crippen molar-refractivity contribution in [1.29, 1.82) is 0 Å². The summed E-state index contributed by atoms with van der Waals surface area (Å²) < 4.78 is 1.75. The maximum absolute atomic E-state index is 6.07. The van der Waals surface area contributed by atoms with Gasteiger partial charge < -0.3 is 5.73 Å². The van der Waals surface area contributed by atoms with Gasteiger partial charge in [-0.15, -0.1) is 0 Å². The van der Waals surface area contributed by atoms with Crippen molar-refractivity contribution in [3.05, 3.63) is 53.9 Å². The number of rotatable bonds is 2. The number of benzene rings is 1. The fraction of sp³-hybridized carbons (Fsp3) is 0. The molecule has 0 spiro atoms. The fourth-order valence-electron chi connectivity index (χ4n) is 1.75. The van der Waals surface area contributed by atoms with Crippen LogP contribution in [0.25, 0.3) is 16.9 Å². The van der Waals surface area contributed by atoms with Gasteiger partial charge in [0.1, 0.15) is 0 Å². The normalized spacial score (nSPS) is 10.6. The first-order valence-corrected chi connectivity index (χ1v) is 6.00. The summed E-state index contributed by atoms with van der Waals surface area (Å²) in [5.74, 6) is 0.187. The molecular formula is C13H10ClN5. The summed E-state index contributed by atoms with van der Waals surface area (Å²) in [6, 6.07) is 9.79. The molecule has 0 aliphatic heterocycles. The van der Waals surface area contributed by atoms with Gasteiger partial charge in [0.05, 0.1) is 28.8 Å². The molecule has 0 atom stereocenters. The molecule has 6 heteroatoms. The molecule has 0 aliphatic carbocycles. The molecule has 1 aromatic carbocycles. The second kappa shape index (κ2) is 4.70. The van der Waals surface area contributed by atoms with Crippen molar-refractivity contribution in [2.75, 3.05) is 5.73 Å². The highest BCUT2D eigenvalue weighted by atomic mass is 35.5. The van der Waals surface area contributed by atoms with Crippen LogP contribution in [0.1, 0.15) is 0 Å². The summed E-state index contributed by atoms with van der Waals surface area (Å²) in [7, 11) is 0. The Morgan fingerprint density at radius 3 is 2.68 bits per heavy atom. The highest BCUT2D eigenvalue weighted by Crippen LogP contribution is 2.25. The number of nitrogens with zero attached hydrogens (tertiary/aromatic N) is 4. The molecule has 0 fully saturated rings. The molecule has 94 valence electrons. The van der Waals surface area contributed by atoms with Crippen LogP contribution >= 0.6 is 11.6 Å². The van der Waals surface area contributed by atoms with Gasteiger partial charge in [0.15, 0.2) is 0 Å². The van der Waals surface area contributed by atoms with Crippen molar-refractivity contribution in [3.8, 4) is 16.9 Å². The molecule has 0 saturated carbocycles. The van der Waals surface area contributed by atoms with Crippen LogP contribution < -0.4 is 5.73 Å². The third kappa shape index (κ3) is 2.28. The summed E-state index contributed by atoms with van der Waals surface area (Å²) in [4.78, 5) is 7.97. The second-order valence-corrected chi connectivity index (χ2v) is 4.34. The summed E-state index contributed by atoms with van der Waals surface area (Å²) in [6.45, 7) is 0. The number of hydrogen-bond donors (Lipinski definition) is 1. The monoisotopic (exact) mass is 271 g/mol. The van der Waals surface area contributed by atoms with Gasteiger partial charge in [-0.1, -0.05) is 29.8 Å². The lowest BCUT2D eigenvalue weighted by atomic mass is 10.2. The van der Waals surface area contributed by atoms with E-state index in [2.05, 4.69) is 15.1 Å². The van der Waals surface area contributed by atoms with Crippen LogP contribution in [0.3, 0.4) is 0 Å². The third-order valence-corrected chi connectivity index (χ3v) is 2.92. The Morgan fingerprint density at radius 1 is 1.11 bits per heavy atom. The molecule has 3 rings (SSSR count). The quantitative estimate of drug-likeness (QED) is 0.778. The molecule has 3 aromatic rings. The SMILES string of the molecule is Nc1ncc(Cl)c(-c2cnn(-c3ccccc3)c2)n1. The van der Waals surface area contributed by atoms with Crippen LogP contribution in [-0.4, -0.2) is 19.7 Å². The average molecular weight is 272 g/mol. The molecule has 0 unspecified atom stereocenters. The lowest BCUT2D eigenvalue weighted by molar-refractivity contribution is 0.880. The van der Waals surface area contributed by atoms with Gasteiger partial charge in [0, 0.05) is 11.8 Å². The zero-order chi connectivity index (χ0) is 13.2. The second-order valence-electron chi connectivity index (χ2n) is 3.93. The highest BCUT2D eigenvalue weighted by Gasteiger charge is 2.09. The first-order chi connectivity index (χ1) is 9.24. The van der Waals surface area contributed by atoms with Crippen molar-refractivity contribution in [2.45, 2.75) is 0 Å².